The zero-order valence-corrected chi connectivity index (χ0v) is 17.6. The second-order valence-electron chi connectivity index (χ2n) is 7.20. The summed E-state index contributed by atoms with van der Waals surface area (Å²) in [4.78, 5) is 2.19. The molecule has 0 aromatic heterocycles. The molecule has 0 spiro atoms. The van der Waals surface area contributed by atoms with E-state index in [-0.39, 0.29) is 6.61 Å². The van der Waals surface area contributed by atoms with Gasteiger partial charge in [0.1, 0.15) is 25.1 Å². The Balaban J connectivity index is 1.39. The van der Waals surface area contributed by atoms with Gasteiger partial charge in [0, 0.05) is 32.7 Å². The van der Waals surface area contributed by atoms with E-state index in [4.69, 9.17) is 18.9 Å². The van der Waals surface area contributed by atoms with Gasteiger partial charge < -0.3 is 29.4 Å². The van der Waals surface area contributed by atoms with Crippen LogP contribution in [0.5, 0.6) is 17.2 Å². The number of β-amino-alcohol motifs (C(OH)–C–C–N with tert-alkyl or cyclic N) is 1. The molecule has 1 saturated heterocycles. The summed E-state index contributed by atoms with van der Waals surface area (Å²) in [5, 5.41) is 13.6. The van der Waals surface area contributed by atoms with Crippen molar-refractivity contribution in [3.05, 3.63) is 54.1 Å². The highest BCUT2D eigenvalue weighted by molar-refractivity contribution is 5.43. The van der Waals surface area contributed by atoms with E-state index in [0.29, 0.717) is 31.2 Å². The number of methoxy groups -OCH3 is 1. The first-order chi connectivity index (χ1) is 14.7. The molecule has 2 aromatic carbocycles. The molecular formula is C23H32N2O5. The Bertz CT molecular complexity index is 738. The van der Waals surface area contributed by atoms with Crippen LogP contribution in [0.3, 0.4) is 0 Å². The van der Waals surface area contributed by atoms with Crippen LogP contribution in [0.1, 0.15) is 5.56 Å². The van der Waals surface area contributed by atoms with E-state index in [9.17, 15) is 5.11 Å². The number of rotatable bonds is 12. The van der Waals surface area contributed by atoms with Crippen LogP contribution in [-0.2, 0) is 11.3 Å². The van der Waals surface area contributed by atoms with E-state index >= 15 is 0 Å². The molecule has 7 heteroatoms. The molecule has 1 atom stereocenters. The molecule has 0 radical (unpaired) electrons. The van der Waals surface area contributed by atoms with Crippen molar-refractivity contribution in [3.63, 3.8) is 0 Å². The van der Waals surface area contributed by atoms with Crippen molar-refractivity contribution < 1.29 is 24.1 Å². The van der Waals surface area contributed by atoms with Crippen LogP contribution in [0, 0.1) is 0 Å². The molecule has 0 bridgehead atoms. The summed E-state index contributed by atoms with van der Waals surface area (Å²) in [6.45, 7) is 5.98. The number of ether oxygens (including phenoxy) is 4. The highest BCUT2D eigenvalue weighted by atomic mass is 16.5. The van der Waals surface area contributed by atoms with Gasteiger partial charge in [-0.3, -0.25) is 4.90 Å². The lowest BCUT2D eigenvalue weighted by Gasteiger charge is -2.28. The third-order valence-electron chi connectivity index (χ3n) is 4.85. The van der Waals surface area contributed by atoms with Crippen molar-refractivity contribution in [1.29, 1.82) is 0 Å². The standard InChI is InChI=1S/C23H32N2O5/c1-27-23-15-19(16-24-9-12-29-21-5-3-2-4-6-21)7-8-22(23)30-18-20(26)17-25-10-13-28-14-11-25/h2-8,15,20,24,26H,9-14,16-18H2,1H3. The maximum Gasteiger partial charge on any atom is 0.161 e. The number of hydrogen-bond donors (Lipinski definition) is 2. The van der Waals surface area contributed by atoms with Gasteiger partial charge in [-0.05, 0) is 29.8 Å². The summed E-state index contributed by atoms with van der Waals surface area (Å²) in [6.07, 6.45) is -0.557. The number of morpholine rings is 1. The monoisotopic (exact) mass is 416 g/mol. The zero-order chi connectivity index (χ0) is 21.0. The fraction of sp³-hybridized carbons (Fsp3) is 0.478. The molecule has 1 aliphatic heterocycles. The summed E-state index contributed by atoms with van der Waals surface area (Å²) in [7, 11) is 1.62. The Kier molecular flexibility index (Phi) is 9.24. The van der Waals surface area contributed by atoms with Gasteiger partial charge in [-0.15, -0.1) is 0 Å². The van der Waals surface area contributed by atoms with E-state index in [0.717, 1.165) is 44.2 Å². The SMILES string of the molecule is COc1cc(CNCCOc2ccccc2)ccc1OCC(O)CN1CCOCC1. The lowest BCUT2D eigenvalue weighted by molar-refractivity contribution is 0.00445. The minimum absolute atomic E-state index is 0.224. The Morgan fingerprint density at radius 1 is 1.07 bits per heavy atom. The number of benzene rings is 2. The van der Waals surface area contributed by atoms with Crippen LogP contribution in [0.4, 0.5) is 0 Å². The minimum atomic E-state index is -0.557. The van der Waals surface area contributed by atoms with Crippen molar-refractivity contribution >= 4 is 0 Å². The lowest BCUT2D eigenvalue weighted by Crippen LogP contribution is -2.42. The predicted molar refractivity (Wildman–Crippen MR) is 115 cm³/mol. The predicted octanol–water partition coefficient (Wildman–Crippen LogP) is 1.94. The number of aliphatic hydroxyl groups is 1. The highest BCUT2D eigenvalue weighted by Gasteiger charge is 2.16. The number of para-hydroxylation sites is 1. The average Bonchev–Trinajstić information content (AvgIpc) is 2.79. The van der Waals surface area contributed by atoms with Crippen molar-refractivity contribution in [3.8, 4) is 17.2 Å². The Morgan fingerprint density at radius 2 is 1.87 bits per heavy atom. The largest absolute Gasteiger partial charge is 0.493 e. The summed E-state index contributed by atoms with van der Waals surface area (Å²) in [5.74, 6) is 2.17. The molecule has 2 N–H and O–H groups in total. The van der Waals surface area contributed by atoms with Crippen LogP contribution >= 0.6 is 0 Å². The molecule has 1 aliphatic rings. The van der Waals surface area contributed by atoms with E-state index in [2.05, 4.69) is 10.2 Å². The molecule has 0 aliphatic carbocycles. The first-order valence-electron chi connectivity index (χ1n) is 10.4. The van der Waals surface area contributed by atoms with Crippen molar-refractivity contribution in [2.24, 2.45) is 0 Å². The smallest absolute Gasteiger partial charge is 0.161 e. The Labute approximate surface area is 178 Å². The molecule has 1 unspecified atom stereocenters. The molecule has 0 saturated carbocycles. The Morgan fingerprint density at radius 3 is 2.63 bits per heavy atom. The summed E-state index contributed by atoms with van der Waals surface area (Å²) in [5.41, 5.74) is 1.09. The van der Waals surface area contributed by atoms with E-state index in [1.54, 1.807) is 7.11 Å². The van der Waals surface area contributed by atoms with Gasteiger partial charge >= 0.3 is 0 Å². The molecular weight excluding hydrogens is 384 g/mol. The van der Waals surface area contributed by atoms with Gasteiger partial charge in [-0.2, -0.15) is 0 Å². The van der Waals surface area contributed by atoms with E-state index in [1.165, 1.54) is 0 Å². The fourth-order valence-electron chi connectivity index (χ4n) is 3.25. The molecule has 0 amide bonds. The Hall–Kier alpha value is -2.32. The second-order valence-corrected chi connectivity index (χ2v) is 7.20. The quantitative estimate of drug-likeness (QED) is 0.512. The third kappa shape index (κ3) is 7.50. The number of nitrogens with zero attached hydrogens (tertiary/aromatic N) is 1. The van der Waals surface area contributed by atoms with Gasteiger partial charge in [0.05, 0.1) is 20.3 Å². The van der Waals surface area contributed by atoms with Crippen molar-refractivity contribution in [1.82, 2.24) is 10.2 Å². The van der Waals surface area contributed by atoms with Crippen molar-refractivity contribution in [2.75, 3.05) is 59.7 Å². The van der Waals surface area contributed by atoms with Gasteiger partial charge in [0.15, 0.2) is 11.5 Å². The van der Waals surface area contributed by atoms with E-state index in [1.807, 2.05) is 48.5 Å². The third-order valence-corrected chi connectivity index (χ3v) is 4.85. The fourth-order valence-corrected chi connectivity index (χ4v) is 3.25. The van der Waals surface area contributed by atoms with Crippen LogP contribution < -0.4 is 19.5 Å². The average molecular weight is 417 g/mol. The van der Waals surface area contributed by atoms with Crippen molar-refractivity contribution in [2.45, 2.75) is 12.6 Å². The van der Waals surface area contributed by atoms with Crippen LogP contribution in [0.15, 0.2) is 48.5 Å². The van der Waals surface area contributed by atoms with Gasteiger partial charge in [0.25, 0.3) is 0 Å². The topological polar surface area (TPSA) is 72.4 Å². The van der Waals surface area contributed by atoms with Crippen LogP contribution in [0.2, 0.25) is 0 Å². The summed E-state index contributed by atoms with van der Waals surface area (Å²) < 4.78 is 22.3. The molecule has 164 valence electrons. The van der Waals surface area contributed by atoms with Gasteiger partial charge in [-0.1, -0.05) is 24.3 Å². The minimum Gasteiger partial charge on any atom is -0.493 e. The number of nitrogens with one attached hydrogen (secondary N) is 1. The molecule has 3 rings (SSSR count). The highest BCUT2D eigenvalue weighted by Crippen LogP contribution is 2.28. The van der Waals surface area contributed by atoms with Crippen LogP contribution in [-0.4, -0.2) is 75.8 Å². The molecule has 30 heavy (non-hydrogen) atoms. The normalized spacial score (nSPS) is 15.5. The lowest BCUT2D eigenvalue weighted by atomic mass is 10.2. The second kappa shape index (κ2) is 12.4. The maximum atomic E-state index is 10.3. The summed E-state index contributed by atoms with van der Waals surface area (Å²) >= 11 is 0. The first kappa shape index (κ1) is 22.4. The number of hydrogen-bond acceptors (Lipinski definition) is 7. The van der Waals surface area contributed by atoms with Gasteiger partial charge in [-0.25, -0.2) is 0 Å². The van der Waals surface area contributed by atoms with Crippen LogP contribution in [0.25, 0.3) is 0 Å². The first-order valence-corrected chi connectivity index (χ1v) is 10.4. The molecule has 2 aromatic rings. The maximum absolute atomic E-state index is 10.3. The van der Waals surface area contributed by atoms with Gasteiger partial charge in [0.2, 0.25) is 0 Å². The molecule has 7 nitrogen and oxygen atoms in total. The van der Waals surface area contributed by atoms with E-state index < -0.39 is 6.10 Å². The molecule has 1 heterocycles. The molecule has 1 fully saturated rings. The summed E-state index contributed by atoms with van der Waals surface area (Å²) in [6, 6.07) is 15.6. The number of aliphatic hydroxyl groups excluding tert-OH is 1. The zero-order valence-electron chi connectivity index (χ0n) is 17.6.